The van der Waals surface area contributed by atoms with E-state index in [-0.39, 0.29) is 0 Å². The van der Waals surface area contributed by atoms with Gasteiger partial charge in [-0.05, 0) is 50.2 Å². The molecule has 3 rings (SSSR count). The van der Waals surface area contributed by atoms with E-state index in [4.69, 9.17) is 14.5 Å². The Hall–Kier alpha value is -2.81. The molecule has 122 valence electrons. The fourth-order valence-corrected chi connectivity index (χ4v) is 2.58. The maximum absolute atomic E-state index is 5.58. The molecule has 0 aliphatic rings. The van der Waals surface area contributed by atoms with Gasteiger partial charge in [-0.3, -0.25) is 0 Å². The minimum atomic E-state index is 0.654. The van der Waals surface area contributed by atoms with Crippen LogP contribution in [-0.4, -0.2) is 18.2 Å². The van der Waals surface area contributed by atoms with Crippen LogP contribution in [-0.2, 0) is 0 Å². The first-order valence-corrected chi connectivity index (χ1v) is 8.23. The van der Waals surface area contributed by atoms with Crippen LogP contribution in [0.15, 0.2) is 66.7 Å². The number of pyridine rings is 1. The minimum Gasteiger partial charge on any atom is -0.494 e. The molecule has 2 aromatic carbocycles. The van der Waals surface area contributed by atoms with Gasteiger partial charge < -0.3 is 9.47 Å². The van der Waals surface area contributed by atoms with Crippen LogP contribution in [0.2, 0.25) is 0 Å². The van der Waals surface area contributed by atoms with Gasteiger partial charge in [0.15, 0.2) is 0 Å². The van der Waals surface area contributed by atoms with Crippen LogP contribution in [0, 0.1) is 0 Å². The number of hydrogen-bond donors (Lipinski definition) is 0. The van der Waals surface area contributed by atoms with Gasteiger partial charge in [-0.25, -0.2) is 4.98 Å². The van der Waals surface area contributed by atoms with Crippen LogP contribution >= 0.6 is 0 Å². The van der Waals surface area contributed by atoms with Gasteiger partial charge in [-0.2, -0.15) is 0 Å². The van der Waals surface area contributed by atoms with Crippen molar-refractivity contribution < 1.29 is 9.47 Å². The highest BCUT2D eigenvalue weighted by Gasteiger charge is 2.06. The number of hydrogen-bond acceptors (Lipinski definition) is 3. The van der Waals surface area contributed by atoms with Crippen molar-refractivity contribution in [3.63, 3.8) is 0 Å². The van der Waals surface area contributed by atoms with Gasteiger partial charge in [0.1, 0.15) is 11.5 Å². The fourth-order valence-electron chi connectivity index (χ4n) is 2.58. The van der Waals surface area contributed by atoms with E-state index < -0.39 is 0 Å². The minimum absolute atomic E-state index is 0.654. The number of aromatic nitrogens is 1. The largest absolute Gasteiger partial charge is 0.494 e. The molecule has 0 saturated carbocycles. The van der Waals surface area contributed by atoms with Crippen molar-refractivity contribution in [3.8, 4) is 34.0 Å². The van der Waals surface area contributed by atoms with Crippen molar-refractivity contribution in [2.45, 2.75) is 13.8 Å². The molecule has 0 radical (unpaired) electrons. The average Bonchev–Trinajstić information content (AvgIpc) is 2.63. The van der Waals surface area contributed by atoms with E-state index in [2.05, 4.69) is 0 Å². The third kappa shape index (κ3) is 3.74. The topological polar surface area (TPSA) is 31.4 Å². The fraction of sp³-hybridized carbons (Fsp3) is 0.190. The lowest BCUT2D eigenvalue weighted by Crippen LogP contribution is -1.93. The molecule has 0 aliphatic heterocycles. The van der Waals surface area contributed by atoms with E-state index in [1.54, 1.807) is 0 Å². The summed E-state index contributed by atoms with van der Waals surface area (Å²) in [5.41, 5.74) is 3.94. The maximum Gasteiger partial charge on any atom is 0.119 e. The molecule has 3 aromatic rings. The Morgan fingerprint density at radius 1 is 0.667 bits per heavy atom. The molecule has 24 heavy (non-hydrogen) atoms. The van der Waals surface area contributed by atoms with Crippen LogP contribution in [0.25, 0.3) is 22.5 Å². The third-order valence-electron chi connectivity index (χ3n) is 3.63. The second-order valence-corrected chi connectivity index (χ2v) is 5.33. The van der Waals surface area contributed by atoms with E-state index in [1.165, 1.54) is 0 Å². The van der Waals surface area contributed by atoms with E-state index in [0.717, 1.165) is 34.0 Å². The summed E-state index contributed by atoms with van der Waals surface area (Å²) in [6.07, 6.45) is 0. The zero-order valence-electron chi connectivity index (χ0n) is 14.0. The second-order valence-electron chi connectivity index (χ2n) is 5.33. The van der Waals surface area contributed by atoms with E-state index in [9.17, 15) is 0 Å². The Morgan fingerprint density at radius 2 is 1.12 bits per heavy atom. The van der Waals surface area contributed by atoms with Gasteiger partial charge in [0.05, 0.1) is 24.6 Å². The molecule has 1 heterocycles. The lowest BCUT2D eigenvalue weighted by molar-refractivity contribution is 0.340. The molecule has 0 spiro atoms. The van der Waals surface area contributed by atoms with E-state index in [0.29, 0.717) is 13.2 Å². The first kappa shape index (κ1) is 16.1. The lowest BCUT2D eigenvalue weighted by atomic mass is 10.1. The van der Waals surface area contributed by atoms with E-state index >= 15 is 0 Å². The number of ether oxygens (including phenoxy) is 2. The summed E-state index contributed by atoms with van der Waals surface area (Å²) < 4.78 is 11.2. The van der Waals surface area contributed by atoms with Gasteiger partial charge in [0.2, 0.25) is 0 Å². The van der Waals surface area contributed by atoms with Crippen LogP contribution in [0.1, 0.15) is 13.8 Å². The average molecular weight is 319 g/mol. The van der Waals surface area contributed by atoms with Crippen molar-refractivity contribution >= 4 is 0 Å². The van der Waals surface area contributed by atoms with Crippen molar-refractivity contribution in [2.75, 3.05) is 13.2 Å². The summed E-state index contributed by atoms with van der Waals surface area (Å²) in [5.74, 6) is 1.72. The molecule has 0 fully saturated rings. The monoisotopic (exact) mass is 319 g/mol. The third-order valence-corrected chi connectivity index (χ3v) is 3.63. The predicted octanol–water partition coefficient (Wildman–Crippen LogP) is 5.21. The number of rotatable bonds is 6. The number of nitrogens with zero attached hydrogens (tertiary/aromatic N) is 1. The summed E-state index contributed by atoms with van der Waals surface area (Å²) in [4.78, 5) is 4.80. The molecular weight excluding hydrogens is 298 g/mol. The highest BCUT2D eigenvalue weighted by molar-refractivity contribution is 5.67. The smallest absolute Gasteiger partial charge is 0.119 e. The molecule has 0 unspecified atom stereocenters. The lowest BCUT2D eigenvalue weighted by Gasteiger charge is -2.09. The molecule has 0 bridgehead atoms. The zero-order chi connectivity index (χ0) is 16.8. The first-order valence-electron chi connectivity index (χ1n) is 8.23. The molecule has 1 aromatic heterocycles. The van der Waals surface area contributed by atoms with Crippen LogP contribution < -0.4 is 9.47 Å². The Morgan fingerprint density at radius 3 is 1.58 bits per heavy atom. The highest BCUT2D eigenvalue weighted by atomic mass is 16.5. The molecule has 0 saturated heterocycles. The zero-order valence-corrected chi connectivity index (χ0v) is 14.0. The van der Waals surface area contributed by atoms with Gasteiger partial charge in [0, 0.05) is 11.1 Å². The predicted molar refractivity (Wildman–Crippen MR) is 97.4 cm³/mol. The Balaban J connectivity index is 1.94. The Labute approximate surface area is 142 Å². The SMILES string of the molecule is CCOc1cccc(-c2cccc(-c3cccc(OCC)c3)n2)c1. The summed E-state index contributed by atoms with van der Waals surface area (Å²) in [6.45, 7) is 5.27. The number of benzene rings is 2. The summed E-state index contributed by atoms with van der Waals surface area (Å²) in [6, 6.07) is 22.1. The van der Waals surface area contributed by atoms with Crippen molar-refractivity contribution in [2.24, 2.45) is 0 Å². The van der Waals surface area contributed by atoms with Crippen LogP contribution in [0.5, 0.6) is 11.5 Å². The summed E-state index contributed by atoms with van der Waals surface area (Å²) >= 11 is 0. The van der Waals surface area contributed by atoms with E-state index in [1.807, 2.05) is 80.6 Å². The maximum atomic E-state index is 5.58. The van der Waals surface area contributed by atoms with Gasteiger partial charge in [0.25, 0.3) is 0 Å². The first-order chi connectivity index (χ1) is 11.8. The van der Waals surface area contributed by atoms with Crippen molar-refractivity contribution in [3.05, 3.63) is 66.7 Å². The van der Waals surface area contributed by atoms with Gasteiger partial charge in [-0.15, -0.1) is 0 Å². The van der Waals surface area contributed by atoms with Crippen molar-refractivity contribution in [1.29, 1.82) is 0 Å². The van der Waals surface area contributed by atoms with Gasteiger partial charge >= 0.3 is 0 Å². The molecule has 0 aliphatic carbocycles. The molecule has 0 atom stereocenters. The quantitative estimate of drug-likeness (QED) is 0.625. The molecule has 0 N–H and O–H groups in total. The van der Waals surface area contributed by atoms with Gasteiger partial charge in [-0.1, -0.05) is 30.3 Å². The standard InChI is InChI=1S/C21H21NO2/c1-3-23-18-10-5-8-16(14-18)20-12-7-13-21(22-20)17-9-6-11-19(15-17)24-4-2/h5-15H,3-4H2,1-2H3. The van der Waals surface area contributed by atoms with Crippen molar-refractivity contribution in [1.82, 2.24) is 4.98 Å². The second kappa shape index (κ2) is 7.64. The highest BCUT2D eigenvalue weighted by Crippen LogP contribution is 2.27. The summed E-state index contributed by atoms with van der Waals surface area (Å²) in [7, 11) is 0. The molecule has 0 amide bonds. The summed E-state index contributed by atoms with van der Waals surface area (Å²) in [5, 5.41) is 0. The molecule has 3 heteroatoms. The normalized spacial score (nSPS) is 10.4. The molecular formula is C21H21NO2. The molecule has 3 nitrogen and oxygen atoms in total. The Kier molecular flexibility index (Phi) is 5.12. The van der Waals surface area contributed by atoms with Crippen LogP contribution in [0.4, 0.5) is 0 Å². The Bertz CT molecular complexity index is 749. The van der Waals surface area contributed by atoms with Crippen LogP contribution in [0.3, 0.4) is 0 Å².